The van der Waals surface area contributed by atoms with E-state index in [4.69, 9.17) is 0 Å². The van der Waals surface area contributed by atoms with Crippen molar-refractivity contribution in [3.05, 3.63) is 24.3 Å². The Bertz CT molecular complexity index is 601. The summed E-state index contributed by atoms with van der Waals surface area (Å²) < 4.78 is 26.2. The number of sulfonamides is 1. The van der Waals surface area contributed by atoms with E-state index in [0.29, 0.717) is 5.39 Å². The summed E-state index contributed by atoms with van der Waals surface area (Å²) in [6.45, 7) is 0. The van der Waals surface area contributed by atoms with Crippen LogP contribution in [0, 0.1) is 0 Å². The van der Waals surface area contributed by atoms with Crippen molar-refractivity contribution in [2.75, 3.05) is 7.05 Å². The van der Waals surface area contributed by atoms with Gasteiger partial charge in [-0.2, -0.15) is 0 Å². The molecule has 2 N–H and O–H groups in total. The number of phenols is 1. The summed E-state index contributed by atoms with van der Waals surface area (Å²) >= 11 is 1.13. The highest BCUT2D eigenvalue weighted by atomic mass is 32.2. The Labute approximate surface area is 91.2 Å². The van der Waals surface area contributed by atoms with Crippen LogP contribution in [0.3, 0.4) is 0 Å². The monoisotopic (exact) mass is 243 g/mol. The maximum atomic E-state index is 11.5. The van der Waals surface area contributed by atoms with Crippen LogP contribution in [0.1, 0.15) is 0 Å². The summed E-state index contributed by atoms with van der Waals surface area (Å²) in [4.78, 5) is 0. The SMILES string of the molecule is CNS(=O)(=O)c1cc2c(O)cccc2s1. The topological polar surface area (TPSA) is 66.4 Å². The van der Waals surface area contributed by atoms with Gasteiger partial charge >= 0.3 is 0 Å². The molecule has 2 rings (SSSR count). The van der Waals surface area contributed by atoms with Gasteiger partial charge in [0, 0.05) is 10.1 Å². The van der Waals surface area contributed by atoms with Crippen LogP contribution in [-0.2, 0) is 10.0 Å². The summed E-state index contributed by atoms with van der Waals surface area (Å²) in [6.07, 6.45) is 0. The predicted octanol–water partition coefficient (Wildman–Crippen LogP) is 1.51. The Morgan fingerprint density at radius 1 is 1.40 bits per heavy atom. The van der Waals surface area contributed by atoms with Crippen molar-refractivity contribution in [2.45, 2.75) is 4.21 Å². The fourth-order valence-corrected chi connectivity index (χ4v) is 3.50. The summed E-state index contributed by atoms with van der Waals surface area (Å²) in [5, 5.41) is 10.1. The second kappa shape index (κ2) is 3.48. The van der Waals surface area contributed by atoms with E-state index >= 15 is 0 Å². The van der Waals surface area contributed by atoms with Gasteiger partial charge in [-0.3, -0.25) is 0 Å². The molecule has 0 saturated carbocycles. The molecule has 0 radical (unpaired) electrons. The zero-order valence-electron chi connectivity index (χ0n) is 7.89. The van der Waals surface area contributed by atoms with E-state index in [-0.39, 0.29) is 9.96 Å². The number of phenolic OH excluding ortho intramolecular Hbond substituents is 1. The van der Waals surface area contributed by atoms with Crippen molar-refractivity contribution in [2.24, 2.45) is 0 Å². The minimum atomic E-state index is -3.42. The molecule has 0 saturated heterocycles. The number of benzene rings is 1. The first-order chi connectivity index (χ1) is 7.04. The molecule has 0 aliphatic rings. The van der Waals surface area contributed by atoms with Crippen LogP contribution in [0.4, 0.5) is 0 Å². The van der Waals surface area contributed by atoms with Crippen molar-refractivity contribution in [3.63, 3.8) is 0 Å². The summed E-state index contributed by atoms with van der Waals surface area (Å²) in [5.41, 5.74) is 0. The molecule has 1 aromatic carbocycles. The van der Waals surface area contributed by atoms with E-state index in [1.54, 1.807) is 12.1 Å². The number of aromatic hydroxyl groups is 1. The van der Waals surface area contributed by atoms with E-state index in [1.807, 2.05) is 0 Å². The standard InChI is InChI=1S/C9H9NO3S2/c1-10-15(12,13)9-5-6-7(11)3-2-4-8(6)14-9/h2-5,10-11H,1H3. The van der Waals surface area contributed by atoms with Crippen LogP contribution in [0.2, 0.25) is 0 Å². The van der Waals surface area contributed by atoms with Gasteiger partial charge in [0.2, 0.25) is 10.0 Å². The second-order valence-corrected chi connectivity index (χ2v) is 6.16. The fourth-order valence-electron chi connectivity index (χ4n) is 1.26. The number of rotatable bonds is 2. The highest BCUT2D eigenvalue weighted by molar-refractivity contribution is 7.91. The third-order valence-electron chi connectivity index (χ3n) is 2.05. The molecule has 6 heteroatoms. The molecule has 80 valence electrons. The van der Waals surface area contributed by atoms with Crippen molar-refractivity contribution in [3.8, 4) is 5.75 Å². The van der Waals surface area contributed by atoms with E-state index < -0.39 is 10.0 Å². The normalized spacial score (nSPS) is 12.1. The minimum absolute atomic E-state index is 0.0984. The van der Waals surface area contributed by atoms with Crippen LogP contribution in [-0.4, -0.2) is 20.6 Å². The highest BCUT2D eigenvalue weighted by Crippen LogP contribution is 2.33. The molecular formula is C9H9NO3S2. The molecule has 1 aromatic heterocycles. The number of hydrogen-bond donors (Lipinski definition) is 2. The Morgan fingerprint density at radius 2 is 2.13 bits per heavy atom. The molecule has 15 heavy (non-hydrogen) atoms. The Balaban J connectivity index is 2.73. The van der Waals surface area contributed by atoms with Gasteiger partial charge in [0.15, 0.2) is 0 Å². The lowest BCUT2D eigenvalue weighted by Crippen LogP contribution is -2.17. The summed E-state index contributed by atoms with van der Waals surface area (Å²) in [5.74, 6) is 0.0984. The van der Waals surface area contributed by atoms with Gasteiger partial charge in [-0.1, -0.05) is 6.07 Å². The molecule has 0 bridgehead atoms. The third-order valence-corrected chi connectivity index (χ3v) is 5.04. The molecule has 0 aliphatic heterocycles. The van der Waals surface area contributed by atoms with Crippen molar-refractivity contribution in [1.82, 2.24) is 4.72 Å². The average Bonchev–Trinajstić information content (AvgIpc) is 2.64. The molecule has 0 fully saturated rings. The molecule has 0 spiro atoms. The summed E-state index contributed by atoms with van der Waals surface area (Å²) in [7, 11) is -2.06. The number of fused-ring (bicyclic) bond motifs is 1. The van der Waals surface area contributed by atoms with Crippen molar-refractivity contribution in [1.29, 1.82) is 0 Å². The van der Waals surface area contributed by atoms with Crippen LogP contribution >= 0.6 is 11.3 Å². The Morgan fingerprint density at radius 3 is 2.73 bits per heavy atom. The van der Waals surface area contributed by atoms with Gasteiger partial charge in [0.1, 0.15) is 9.96 Å². The first-order valence-corrected chi connectivity index (χ1v) is 6.49. The van der Waals surface area contributed by atoms with E-state index in [9.17, 15) is 13.5 Å². The smallest absolute Gasteiger partial charge is 0.249 e. The molecule has 2 aromatic rings. The molecule has 0 amide bonds. The maximum Gasteiger partial charge on any atom is 0.249 e. The average molecular weight is 243 g/mol. The van der Waals surface area contributed by atoms with Crippen LogP contribution < -0.4 is 4.72 Å². The maximum absolute atomic E-state index is 11.5. The van der Waals surface area contributed by atoms with Crippen LogP contribution in [0.25, 0.3) is 10.1 Å². The van der Waals surface area contributed by atoms with Crippen LogP contribution in [0.15, 0.2) is 28.5 Å². The Kier molecular flexibility index (Phi) is 2.41. The zero-order chi connectivity index (χ0) is 11.1. The molecule has 0 unspecified atom stereocenters. The van der Waals surface area contributed by atoms with Gasteiger partial charge in [0.05, 0.1) is 0 Å². The molecule has 1 heterocycles. The van der Waals surface area contributed by atoms with Gasteiger partial charge in [-0.15, -0.1) is 11.3 Å². The van der Waals surface area contributed by atoms with Gasteiger partial charge in [-0.05, 0) is 25.2 Å². The second-order valence-electron chi connectivity index (χ2n) is 2.96. The lowest BCUT2D eigenvalue weighted by Gasteiger charge is -1.95. The van der Waals surface area contributed by atoms with Crippen molar-refractivity contribution >= 4 is 31.4 Å². The number of nitrogens with one attached hydrogen (secondary N) is 1. The third kappa shape index (κ3) is 1.71. The molecule has 0 aliphatic carbocycles. The predicted molar refractivity (Wildman–Crippen MR) is 59.7 cm³/mol. The van der Waals surface area contributed by atoms with Crippen molar-refractivity contribution < 1.29 is 13.5 Å². The Hall–Kier alpha value is -1.11. The lowest BCUT2D eigenvalue weighted by atomic mass is 10.2. The molecule has 0 atom stereocenters. The first-order valence-electron chi connectivity index (χ1n) is 4.19. The summed E-state index contributed by atoms with van der Waals surface area (Å²) in [6, 6.07) is 6.46. The van der Waals surface area contributed by atoms with E-state index in [2.05, 4.69) is 4.72 Å². The quantitative estimate of drug-likeness (QED) is 0.840. The fraction of sp³-hybridized carbons (Fsp3) is 0.111. The number of thiophene rings is 1. The number of hydrogen-bond acceptors (Lipinski definition) is 4. The molecular weight excluding hydrogens is 234 g/mol. The molecule has 4 nitrogen and oxygen atoms in total. The lowest BCUT2D eigenvalue weighted by molar-refractivity contribution is 0.482. The van der Waals surface area contributed by atoms with Crippen LogP contribution in [0.5, 0.6) is 5.75 Å². The van der Waals surface area contributed by atoms with E-state index in [0.717, 1.165) is 16.0 Å². The highest BCUT2D eigenvalue weighted by Gasteiger charge is 2.16. The van der Waals surface area contributed by atoms with Gasteiger partial charge in [-0.25, -0.2) is 13.1 Å². The van der Waals surface area contributed by atoms with E-state index in [1.165, 1.54) is 19.2 Å². The first kappa shape index (κ1) is 10.4. The van der Waals surface area contributed by atoms with Gasteiger partial charge in [0.25, 0.3) is 0 Å². The van der Waals surface area contributed by atoms with Gasteiger partial charge < -0.3 is 5.11 Å². The largest absolute Gasteiger partial charge is 0.507 e. The zero-order valence-corrected chi connectivity index (χ0v) is 9.52. The minimum Gasteiger partial charge on any atom is -0.507 e.